The van der Waals surface area contributed by atoms with Gasteiger partial charge in [-0.15, -0.1) is 0 Å². The molecule has 24 heavy (non-hydrogen) atoms. The summed E-state index contributed by atoms with van der Waals surface area (Å²) in [5, 5.41) is 9.23. The van der Waals surface area contributed by atoms with E-state index in [9.17, 15) is 18.3 Å². The van der Waals surface area contributed by atoms with E-state index < -0.39 is 16.0 Å². The highest BCUT2D eigenvalue weighted by molar-refractivity contribution is 7.89. The molecule has 1 aliphatic carbocycles. The number of nitrogens with one attached hydrogen (secondary N) is 1. The van der Waals surface area contributed by atoms with E-state index in [1.807, 2.05) is 0 Å². The zero-order chi connectivity index (χ0) is 17.2. The predicted octanol–water partition coefficient (Wildman–Crippen LogP) is 2.60. The molecule has 0 amide bonds. The van der Waals surface area contributed by atoms with E-state index in [0.29, 0.717) is 5.69 Å². The van der Waals surface area contributed by atoms with Gasteiger partial charge >= 0.3 is 5.97 Å². The Bertz CT molecular complexity index is 705. The number of carbonyl (C=O) groups is 1. The first-order valence-electron chi connectivity index (χ1n) is 8.62. The normalized spacial score (nSPS) is 19.6. The van der Waals surface area contributed by atoms with E-state index >= 15 is 0 Å². The van der Waals surface area contributed by atoms with Crippen molar-refractivity contribution in [2.45, 2.75) is 55.9 Å². The molecule has 1 saturated heterocycles. The summed E-state index contributed by atoms with van der Waals surface area (Å²) >= 11 is 0. The van der Waals surface area contributed by atoms with Crippen LogP contribution in [0.4, 0.5) is 5.69 Å². The lowest BCUT2D eigenvalue weighted by atomic mass is 10.1. The fraction of sp³-hybridized carbons (Fsp3) is 0.588. The van der Waals surface area contributed by atoms with Gasteiger partial charge in [0.2, 0.25) is 10.0 Å². The fourth-order valence-corrected chi connectivity index (χ4v) is 5.14. The molecule has 132 valence electrons. The van der Waals surface area contributed by atoms with Crippen LogP contribution in [0.2, 0.25) is 0 Å². The highest BCUT2D eigenvalue weighted by atomic mass is 32.2. The summed E-state index contributed by atoms with van der Waals surface area (Å²) in [4.78, 5) is 13.4. The highest BCUT2D eigenvalue weighted by Crippen LogP contribution is 2.30. The highest BCUT2D eigenvalue weighted by Gasteiger charge is 2.28. The van der Waals surface area contributed by atoms with Gasteiger partial charge in [0.05, 0.1) is 11.3 Å². The molecule has 1 aromatic rings. The third-order valence-corrected chi connectivity index (χ3v) is 6.42. The summed E-state index contributed by atoms with van der Waals surface area (Å²) in [6.45, 7) is 1.61. The molecule has 0 spiro atoms. The van der Waals surface area contributed by atoms with Gasteiger partial charge in [0, 0.05) is 19.1 Å². The Morgan fingerprint density at radius 2 is 1.75 bits per heavy atom. The van der Waals surface area contributed by atoms with E-state index in [1.165, 1.54) is 12.1 Å². The predicted molar refractivity (Wildman–Crippen MR) is 92.0 cm³/mol. The van der Waals surface area contributed by atoms with Crippen molar-refractivity contribution in [3.05, 3.63) is 23.8 Å². The van der Waals surface area contributed by atoms with Crippen LogP contribution in [-0.2, 0) is 10.0 Å². The summed E-state index contributed by atoms with van der Waals surface area (Å²) in [5.74, 6) is -1.11. The lowest BCUT2D eigenvalue weighted by Crippen LogP contribution is -2.36. The number of carboxylic acids is 1. The van der Waals surface area contributed by atoms with Crippen LogP contribution in [-0.4, -0.2) is 38.6 Å². The molecule has 0 radical (unpaired) electrons. The molecule has 2 N–H and O–H groups in total. The van der Waals surface area contributed by atoms with Crippen LogP contribution in [0.1, 0.15) is 55.3 Å². The maximum absolute atomic E-state index is 12.9. The van der Waals surface area contributed by atoms with E-state index in [4.69, 9.17) is 0 Å². The van der Waals surface area contributed by atoms with Crippen molar-refractivity contribution in [1.82, 2.24) is 4.72 Å². The summed E-state index contributed by atoms with van der Waals surface area (Å²) in [5.41, 5.74) is 0.618. The number of benzene rings is 1. The molecule has 6 nitrogen and oxygen atoms in total. The second-order valence-corrected chi connectivity index (χ2v) is 8.32. The van der Waals surface area contributed by atoms with Crippen molar-refractivity contribution in [2.75, 3.05) is 18.0 Å². The molecule has 1 heterocycles. The molecule has 0 atom stereocenters. The number of aromatic carboxylic acids is 1. The van der Waals surface area contributed by atoms with Gasteiger partial charge in [-0.1, -0.05) is 12.8 Å². The molecule has 0 bridgehead atoms. The molecule has 0 aromatic heterocycles. The standard InChI is InChI=1S/C17H24N2O4S/c20-17(21)13-8-9-15(19-10-4-1-5-11-19)16(12-13)24(22,23)18-14-6-2-3-7-14/h8-9,12,14,18H,1-7,10-11H2,(H,20,21). The minimum Gasteiger partial charge on any atom is -0.478 e. The van der Waals surface area contributed by atoms with Crippen LogP contribution in [0.25, 0.3) is 0 Å². The van der Waals surface area contributed by atoms with Crippen LogP contribution < -0.4 is 9.62 Å². The molecule has 0 unspecified atom stereocenters. The SMILES string of the molecule is O=C(O)c1ccc(N2CCCCC2)c(S(=O)(=O)NC2CCCC2)c1. The van der Waals surface area contributed by atoms with Crippen molar-refractivity contribution in [2.24, 2.45) is 0 Å². The quantitative estimate of drug-likeness (QED) is 0.850. The molecule has 2 aliphatic rings. The van der Waals surface area contributed by atoms with Crippen LogP contribution in [0, 0.1) is 0 Å². The first-order valence-corrected chi connectivity index (χ1v) is 10.1. The number of hydrogen-bond donors (Lipinski definition) is 2. The first kappa shape index (κ1) is 17.2. The summed E-state index contributed by atoms with van der Waals surface area (Å²) in [6, 6.07) is 4.38. The van der Waals surface area contributed by atoms with Gasteiger partial charge < -0.3 is 10.0 Å². The van der Waals surface area contributed by atoms with Crippen molar-refractivity contribution >= 4 is 21.7 Å². The van der Waals surface area contributed by atoms with Crippen molar-refractivity contribution in [3.8, 4) is 0 Å². The molecule has 1 aromatic carbocycles. The van der Waals surface area contributed by atoms with Crippen LogP contribution >= 0.6 is 0 Å². The van der Waals surface area contributed by atoms with E-state index in [0.717, 1.165) is 58.0 Å². The van der Waals surface area contributed by atoms with Crippen molar-refractivity contribution in [3.63, 3.8) is 0 Å². The van der Waals surface area contributed by atoms with Gasteiger partial charge in [-0.2, -0.15) is 0 Å². The molecule has 1 saturated carbocycles. The summed E-state index contributed by atoms with van der Waals surface area (Å²) in [6.07, 6.45) is 6.94. The number of sulfonamides is 1. The van der Waals surface area contributed by atoms with E-state index in [1.54, 1.807) is 6.07 Å². The number of hydrogen-bond acceptors (Lipinski definition) is 4. The third-order valence-electron chi connectivity index (χ3n) is 4.87. The number of carboxylic acid groups (broad SMARTS) is 1. The number of anilines is 1. The zero-order valence-corrected chi connectivity index (χ0v) is 14.5. The molecular formula is C17H24N2O4S. The number of rotatable bonds is 5. The topological polar surface area (TPSA) is 86.7 Å². The maximum atomic E-state index is 12.9. The Labute approximate surface area is 142 Å². The second kappa shape index (κ2) is 7.11. The van der Waals surface area contributed by atoms with E-state index in [2.05, 4.69) is 9.62 Å². The molecular weight excluding hydrogens is 328 g/mol. The minimum absolute atomic E-state index is 0.00237. The minimum atomic E-state index is -3.73. The smallest absolute Gasteiger partial charge is 0.335 e. The molecule has 3 rings (SSSR count). The largest absolute Gasteiger partial charge is 0.478 e. The monoisotopic (exact) mass is 352 g/mol. The molecule has 1 aliphatic heterocycles. The Morgan fingerprint density at radius 1 is 1.08 bits per heavy atom. The lowest BCUT2D eigenvalue weighted by Gasteiger charge is -2.30. The van der Waals surface area contributed by atoms with Gasteiger partial charge in [-0.05, 0) is 50.3 Å². The maximum Gasteiger partial charge on any atom is 0.335 e. The molecule has 7 heteroatoms. The van der Waals surface area contributed by atoms with Crippen LogP contribution in [0.15, 0.2) is 23.1 Å². The van der Waals surface area contributed by atoms with Crippen LogP contribution in [0.5, 0.6) is 0 Å². The van der Waals surface area contributed by atoms with Gasteiger partial charge in [0.1, 0.15) is 4.90 Å². The summed E-state index contributed by atoms with van der Waals surface area (Å²) in [7, 11) is -3.73. The van der Waals surface area contributed by atoms with E-state index in [-0.39, 0.29) is 16.5 Å². The lowest BCUT2D eigenvalue weighted by molar-refractivity contribution is 0.0696. The van der Waals surface area contributed by atoms with Gasteiger partial charge in [0.15, 0.2) is 0 Å². The zero-order valence-electron chi connectivity index (χ0n) is 13.7. The Hall–Kier alpha value is -1.60. The number of nitrogens with zero attached hydrogens (tertiary/aromatic N) is 1. The summed E-state index contributed by atoms with van der Waals surface area (Å²) < 4.78 is 28.6. The average molecular weight is 352 g/mol. The van der Waals surface area contributed by atoms with Gasteiger partial charge in [-0.3, -0.25) is 0 Å². The third kappa shape index (κ3) is 3.72. The Balaban J connectivity index is 1.98. The Kier molecular flexibility index (Phi) is 5.10. The molecule has 2 fully saturated rings. The second-order valence-electron chi connectivity index (χ2n) is 6.64. The van der Waals surface area contributed by atoms with Crippen molar-refractivity contribution < 1.29 is 18.3 Å². The van der Waals surface area contributed by atoms with Gasteiger partial charge in [-0.25, -0.2) is 17.9 Å². The Morgan fingerprint density at radius 3 is 2.38 bits per heavy atom. The first-order chi connectivity index (χ1) is 11.5. The number of piperidine rings is 1. The van der Waals surface area contributed by atoms with Crippen LogP contribution in [0.3, 0.4) is 0 Å². The fourth-order valence-electron chi connectivity index (χ4n) is 3.59. The van der Waals surface area contributed by atoms with Gasteiger partial charge in [0.25, 0.3) is 0 Å². The average Bonchev–Trinajstić information content (AvgIpc) is 3.07. The van der Waals surface area contributed by atoms with Crippen molar-refractivity contribution in [1.29, 1.82) is 0 Å².